The Balaban J connectivity index is 0.000000238. The second kappa shape index (κ2) is 22.8. The van der Waals surface area contributed by atoms with Gasteiger partial charge in [-0.2, -0.15) is 45.1 Å². The van der Waals surface area contributed by atoms with Crippen LogP contribution in [0.25, 0.3) is 0 Å². The van der Waals surface area contributed by atoms with E-state index in [-0.39, 0.29) is 29.5 Å². The van der Waals surface area contributed by atoms with E-state index in [0.29, 0.717) is 31.2 Å². The first-order valence-corrected chi connectivity index (χ1v) is 29.3. The van der Waals surface area contributed by atoms with Gasteiger partial charge in [0.05, 0.1) is 11.2 Å². The summed E-state index contributed by atoms with van der Waals surface area (Å²) in [4.78, 5) is 0. The van der Waals surface area contributed by atoms with Gasteiger partial charge >= 0.3 is 22.7 Å². The lowest BCUT2D eigenvalue weighted by Crippen LogP contribution is -2.41. The predicted octanol–water partition coefficient (Wildman–Crippen LogP) is 12.6. The third kappa shape index (κ3) is 12.7. The Morgan fingerprint density at radius 1 is 0.589 bits per heavy atom. The standard InChI is InChI=1S/C32H43BO3S.C27H31F3O4S2/c1-9-32(10-2,26-12-11-25(23(3)21-26)15-16-31(34)17-19-37-20-18-31)27-13-14-28(24(4)22-27)33-35-29(5,6)30(7,8)36-33;1-5-26(6-2,23-9-10-24(20(4)18-23)34-36(32,33)27(28,29)30)22-8-7-21(19(3)17-22)11-12-25(31)13-15-35-16-14-25/h11-14,21-22,34H,9-10,17-20H2,1-8H3;7-10,17-18,31H,5-6,13-16H2,1-4H3. The van der Waals surface area contributed by atoms with Gasteiger partial charge in [-0.25, -0.2) is 0 Å². The summed E-state index contributed by atoms with van der Waals surface area (Å²) in [7, 11) is -6.10. The van der Waals surface area contributed by atoms with Gasteiger partial charge < -0.3 is 23.7 Å². The van der Waals surface area contributed by atoms with E-state index in [0.717, 1.165) is 87.5 Å². The Bertz CT molecular complexity index is 2840. The lowest BCUT2D eigenvalue weighted by atomic mass is 9.68. The van der Waals surface area contributed by atoms with Crippen LogP contribution in [0.5, 0.6) is 5.75 Å². The molecule has 4 aromatic rings. The molecule has 2 N–H and O–H groups in total. The molecule has 0 bridgehead atoms. The van der Waals surface area contributed by atoms with Gasteiger partial charge in [-0.3, -0.25) is 0 Å². The fourth-order valence-corrected chi connectivity index (χ4v) is 13.0. The summed E-state index contributed by atoms with van der Waals surface area (Å²) < 4.78 is 78.3. The minimum atomic E-state index is -5.75. The molecular weight excluding hydrogens is 985 g/mol. The van der Waals surface area contributed by atoms with Gasteiger partial charge in [-0.05, 0) is 192 Å². The molecule has 0 saturated carbocycles. The topological polar surface area (TPSA) is 102 Å². The molecule has 73 heavy (non-hydrogen) atoms. The molecule has 3 aliphatic heterocycles. The van der Waals surface area contributed by atoms with E-state index >= 15 is 0 Å². The highest BCUT2D eigenvalue weighted by atomic mass is 32.2. The Labute approximate surface area is 443 Å². The molecular formula is C59H74BF3O7S3. The zero-order chi connectivity index (χ0) is 53.8. The van der Waals surface area contributed by atoms with Crippen molar-refractivity contribution >= 4 is 46.2 Å². The zero-order valence-corrected chi connectivity index (χ0v) is 47.2. The van der Waals surface area contributed by atoms with Crippen LogP contribution in [-0.2, 0) is 30.3 Å². The van der Waals surface area contributed by atoms with Crippen LogP contribution in [0, 0.1) is 51.4 Å². The lowest BCUT2D eigenvalue weighted by Gasteiger charge is -2.34. The second-order valence-corrected chi connectivity index (χ2v) is 25.0. The molecule has 0 aliphatic carbocycles. The second-order valence-electron chi connectivity index (χ2n) is 21.0. The average Bonchev–Trinajstić information content (AvgIpc) is 3.55. The molecule has 3 heterocycles. The normalized spacial score (nSPS) is 18.3. The molecule has 3 aliphatic rings. The van der Waals surface area contributed by atoms with Crippen LogP contribution in [0.3, 0.4) is 0 Å². The van der Waals surface area contributed by atoms with Gasteiger partial charge in [0.15, 0.2) is 0 Å². The van der Waals surface area contributed by atoms with Crippen LogP contribution >= 0.6 is 23.5 Å². The van der Waals surface area contributed by atoms with Crippen molar-refractivity contribution in [3.8, 4) is 29.4 Å². The summed E-state index contributed by atoms with van der Waals surface area (Å²) in [6, 6.07) is 24.1. The van der Waals surface area contributed by atoms with Crippen LogP contribution in [0.15, 0.2) is 72.8 Å². The van der Waals surface area contributed by atoms with E-state index in [2.05, 4.69) is 126 Å². The molecule has 394 valence electrons. The molecule has 3 saturated heterocycles. The number of alkyl halides is 3. The number of halogens is 3. The van der Waals surface area contributed by atoms with Crippen molar-refractivity contribution in [2.45, 2.75) is 173 Å². The van der Waals surface area contributed by atoms with Gasteiger partial charge in [0.25, 0.3) is 0 Å². The number of aliphatic hydroxyl groups is 2. The fraction of sp³-hybridized carbons (Fsp3) is 0.525. The summed E-state index contributed by atoms with van der Waals surface area (Å²) in [5, 5.41) is 21.5. The molecule has 4 aromatic carbocycles. The third-order valence-electron chi connectivity index (χ3n) is 16.0. The maximum absolute atomic E-state index is 12.8. The minimum absolute atomic E-state index is 0.0886. The first-order valence-electron chi connectivity index (χ1n) is 25.6. The highest BCUT2D eigenvalue weighted by Crippen LogP contribution is 2.43. The van der Waals surface area contributed by atoms with E-state index in [1.165, 1.54) is 29.7 Å². The Kier molecular flexibility index (Phi) is 18.2. The van der Waals surface area contributed by atoms with Crippen molar-refractivity contribution in [3.05, 3.63) is 128 Å². The summed E-state index contributed by atoms with van der Waals surface area (Å²) in [6.45, 7) is 24.8. The number of benzene rings is 4. The van der Waals surface area contributed by atoms with Crippen molar-refractivity contribution in [1.29, 1.82) is 0 Å². The van der Waals surface area contributed by atoms with Crippen LogP contribution in [-0.4, -0.2) is 76.7 Å². The molecule has 0 unspecified atom stereocenters. The van der Waals surface area contributed by atoms with E-state index < -0.39 is 32.2 Å². The number of hydrogen-bond acceptors (Lipinski definition) is 9. The van der Waals surface area contributed by atoms with Crippen molar-refractivity contribution in [2.75, 3.05) is 23.0 Å². The van der Waals surface area contributed by atoms with E-state index in [4.69, 9.17) is 9.31 Å². The lowest BCUT2D eigenvalue weighted by molar-refractivity contribution is -0.0500. The molecule has 0 amide bonds. The summed E-state index contributed by atoms with van der Waals surface area (Å²) in [5.74, 6) is 16.1. The summed E-state index contributed by atoms with van der Waals surface area (Å²) >= 11 is 3.72. The molecule has 7 nitrogen and oxygen atoms in total. The van der Waals surface area contributed by atoms with Gasteiger partial charge in [-0.15, -0.1) is 0 Å². The maximum atomic E-state index is 12.8. The van der Waals surface area contributed by atoms with E-state index in [9.17, 15) is 31.8 Å². The number of aryl methyl sites for hydroxylation is 4. The SMILES string of the molecule is CCC(CC)(c1ccc(C#CC2(O)CCSCC2)c(C)c1)c1ccc(B2OC(C)(C)C(C)(C)O2)c(C)c1.CCC(CC)(c1ccc(C#CC2(O)CCSCC2)c(C)c1)c1ccc(OS(=O)(=O)C(F)(F)F)c(C)c1. The van der Waals surface area contributed by atoms with Gasteiger partial charge in [0.1, 0.15) is 17.0 Å². The highest BCUT2D eigenvalue weighted by Gasteiger charge is 2.52. The molecule has 0 aromatic heterocycles. The van der Waals surface area contributed by atoms with E-state index in [1.54, 1.807) is 12.1 Å². The van der Waals surface area contributed by atoms with Gasteiger partial charge in [0.2, 0.25) is 0 Å². The Hall–Kier alpha value is -3.86. The molecule has 0 spiro atoms. The maximum Gasteiger partial charge on any atom is 0.534 e. The Morgan fingerprint density at radius 3 is 1.29 bits per heavy atom. The number of rotatable bonds is 11. The Morgan fingerprint density at radius 2 is 0.945 bits per heavy atom. The first-order chi connectivity index (χ1) is 34.1. The van der Waals surface area contributed by atoms with Crippen molar-refractivity contribution < 1.29 is 45.3 Å². The molecule has 14 heteroatoms. The smallest absolute Gasteiger partial charge is 0.399 e. The largest absolute Gasteiger partial charge is 0.534 e. The monoisotopic (exact) mass is 1060 g/mol. The zero-order valence-electron chi connectivity index (χ0n) is 44.8. The molecule has 7 rings (SSSR count). The molecule has 0 atom stereocenters. The summed E-state index contributed by atoms with van der Waals surface area (Å²) in [5.41, 5.74) is 2.55. The van der Waals surface area contributed by atoms with Crippen molar-refractivity contribution in [2.24, 2.45) is 0 Å². The summed E-state index contributed by atoms with van der Waals surface area (Å²) in [6.07, 6.45) is 6.23. The fourth-order valence-electron chi connectivity index (χ4n) is 10.1. The predicted molar refractivity (Wildman–Crippen MR) is 296 cm³/mol. The number of hydrogen-bond donors (Lipinski definition) is 2. The molecule has 0 radical (unpaired) electrons. The molecule has 3 fully saturated rings. The highest BCUT2D eigenvalue weighted by molar-refractivity contribution is 7.99. The van der Waals surface area contributed by atoms with Gasteiger partial charge in [-0.1, -0.05) is 112 Å². The minimum Gasteiger partial charge on any atom is -0.399 e. The van der Waals surface area contributed by atoms with Crippen LogP contribution < -0.4 is 9.65 Å². The number of thioether (sulfide) groups is 2. The van der Waals surface area contributed by atoms with Crippen LogP contribution in [0.2, 0.25) is 0 Å². The van der Waals surface area contributed by atoms with Crippen molar-refractivity contribution in [3.63, 3.8) is 0 Å². The van der Waals surface area contributed by atoms with Gasteiger partial charge in [0, 0.05) is 22.0 Å². The average molecular weight is 1060 g/mol. The third-order valence-corrected chi connectivity index (χ3v) is 18.9. The van der Waals surface area contributed by atoms with E-state index in [1.807, 2.05) is 56.4 Å². The van der Waals surface area contributed by atoms with Crippen LogP contribution in [0.1, 0.15) is 162 Å². The first kappa shape index (κ1) is 58.4. The van der Waals surface area contributed by atoms with Crippen molar-refractivity contribution in [1.82, 2.24) is 0 Å². The van der Waals surface area contributed by atoms with Crippen LogP contribution in [0.4, 0.5) is 13.2 Å². The quantitative estimate of drug-likeness (QED) is 0.0658.